The molecule has 5 rings (SSSR count). The predicted molar refractivity (Wildman–Crippen MR) is 113 cm³/mol. The molecule has 0 aromatic carbocycles. The highest BCUT2D eigenvalue weighted by Gasteiger charge is 2.63. The zero-order valence-electron chi connectivity index (χ0n) is 16.0. The Balaban J connectivity index is 1.44. The standard InChI is InChI=1S/C23H32OS2/c1-3-22-11-8-18-17-7-10-21(13-14-25-26-21)15-16(17)5-6-19(18)20(22)9-12-23(22,24)4-2/h2,15,17-20,24H,3,5-14H2,1H3/t17-,18+,19+,20-,21?,22-,23-/m0/s1. The van der Waals surface area contributed by atoms with Gasteiger partial charge in [0, 0.05) is 15.9 Å². The molecule has 26 heavy (non-hydrogen) atoms. The van der Waals surface area contributed by atoms with E-state index < -0.39 is 5.60 Å². The Labute approximate surface area is 166 Å². The molecule has 1 spiro atoms. The molecule has 7 atom stereocenters. The number of rotatable bonds is 1. The minimum atomic E-state index is -0.845. The van der Waals surface area contributed by atoms with Crippen molar-refractivity contribution in [3.63, 3.8) is 0 Å². The van der Waals surface area contributed by atoms with Gasteiger partial charge in [0.1, 0.15) is 5.60 Å². The van der Waals surface area contributed by atoms with E-state index in [1.54, 1.807) is 0 Å². The van der Waals surface area contributed by atoms with Gasteiger partial charge in [-0.1, -0.05) is 46.1 Å². The SMILES string of the molecule is C#C[C@]1(O)CC[C@H]2[C@@H]3CCC4=CC5(CCSS5)CC[C@@H]4[C@H]3CC[C@@]21CC. The van der Waals surface area contributed by atoms with Crippen molar-refractivity contribution in [2.45, 2.75) is 81.5 Å². The van der Waals surface area contributed by atoms with Gasteiger partial charge in [-0.05, 0) is 87.9 Å². The predicted octanol–water partition coefficient (Wildman–Crippen LogP) is 5.84. The molecule has 1 aliphatic heterocycles. The minimum Gasteiger partial charge on any atom is -0.377 e. The van der Waals surface area contributed by atoms with Gasteiger partial charge in [-0.3, -0.25) is 0 Å². The van der Waals surface area contributed by atoms with Gasteiger partial charge in [0.2, 0.25) is 0 Å². The lowest BCUT2D eigenvalue weighted by Crippen LogP contribution is -2.53. The van der Waals surface area contributed by atoms with E-state index in [2.05, 4.69) is 40.5 Å². The summed E-state index contributed by atoms with van der Waals surface area (Å²) >= 11 is 0. The van der Waals surface area contributed by atoms with Crippen LogP contribution in [0.3, 0.4) is 0 Å². The third-order valence-electron chi connectivity index (χ3n) is 9.13. The first-order chi connectivity index (χ1) is 12.6. The fourth-order valence-electron chi connectivity index (χ4n) is 7.87. The number of terminal acetylenes is 1. The Hall–Kier alpha value is -0.0400. The Bertz CT molecular complexity index is 658. The Morgan fingerprint density at radius 1 is 1.15 bits per heavy atom. The number of allylic oxidation sites excluding steroid dienone is 1. The van der Waals surface area contributed by atoms with Gasteiger partial charge in [0.05, 0.1) is 0 Å². The van der Waals surface area contributed by atoms with Crippen LogP contribution in [0.25, 0.3) is 0 Å². The summed E-state index contributed by atoms with van der Waals surface area (Å²) in [5.41, 5.74) is 0.960. The molecule has 0 aromatic rings. The van der Waals surface area contributed by atoms with Crippen LogP contribution in [0.4, 0.5) is 0 Å². The molecule has 1 saturated heterocycles. The zero-order valence-corrected chi connectivity index (χ0v) is 17.6. The molecule has 4 aliphatic carbocycles. The molecule has 3 heteroatoms. The smallest absolute Gasteiger partial charge is 0.131 e. The fourth-order valence-corrected chi connectivity index (χ4v) is 11.2. The molecule has 0 bridgehead atoms. The summed E-state index contributed by atoms with van der Waals surface area (Å²) in [5.74, 6) is 7.33. The summed E-state index contributed by atoms with van der Waals surface area (Å²) in [6.07, 6.45) is 20.9. The summed E-state index contributed by atoms with van der Waals surface area (Å²) in [4.78, 5) is 0. The van der Waals surface area contributed by atoms with E-state index in [9.17, 15) is 5.11 Å². The average molecular weight is 389 g/mol. The lowest BCUT2D eigenvalue weighted by atomic mass is 9.49. The highest BCUT2D eigenvalue weighted by Crippen LogP contribution is 2.67. The van der Waals surface area contributed by atoms with E-state index in [4.69, 9.17) is 6.42 Å². The van der Waals surface area contributed by atoms with Crippen LogP contribution in [-0.2, 0) is 0 Å². The molecule has 0 amide bonds. The fraction of sp³-hybridized carbons (Fsp3) is 0.826. The maximum Gasteiger partial charge on any atom is 0.131 e. The van der Waals surface area contributed by atoms with Crippen molar-refractivity contribution in [1.29, 1.82) is 0 Å². The van der Waals surface area contributed by atoms with Crippen LogP contribution < -0.4 is 0 Å². The van der Waals surface area contributed by atoms with Gasteiger partial charge in [-0.25, -0.2) is 0 Å². The van der Waals surface area contributed by atoms with Gasteiger partial charge >= 0.3 is 0 Å². The summed E-state index contributed by atoms with van der Waals surface area (Å²) in [6.45, 7) is 2.27. The van der Waals surface area contributed by atoms with E-state index in [0.29, 0.717) is 10.7 Å². The van der Waals surface area contributed by atoms with E-state index in [1.165, 1.54) is 44.3 Å². The topological polar surface area (TPSA) is 20.2 Å². The van der Waals surface area contributed by atoms with Gasteiger partial charge in [0.25, 0.3) is 0 Å². The number of hydrogen-bond donors (Lipinski definition) is 1. The summed E-state index contributed by atoms with van der Waals surface area (Å²) in [5, 5.41) is 11.3. The second-order valence-electron chi connectivity index (χ2n) is 9.65. The van der Waals surface area contributed by atoms with Gasteiger partial charge < -0.3 is 5.11 Å². The second kappa shape index (κ2) is 6.23. The average Bonchev–Trinajstić information content (AvgIpc) is 3.24. The molecule has 4 fully saturated rings. The molecule has 142 valence electrons. The molecule has 1 nitrogen and oxygen atoms in total. The molecule has 1 unspecified atom stereocenters. The van der Waals surface area contributed by atoms with E-state index in [0.717, 1.165) is 43.4 Å². The van der Waals surface area contributed by atoms with Crippen molar-refractivity contribution in [3.05, 3.63) is 11.6 Å². The lowest BCUT2D eigenvalue weighted by Gasteiger charge is -2.56. The van der Waals surface area contributed by atoms with Crippen molar-refractivity contribution in [2.24, 2.45) is 29.1 Å². The quantitative estimate of drug-likeness (QED) is 0.346. The Morgan fingerprint density at radius 2 is 2.04 bits per heavy atom. The Morgan fingerprint density at radius 3 is 2.77 bits per heavy atom. The molecule has 1 N–H and O–H groups in total. The molecule has 3 saturated carbocycles. The third kappa shape index (κ3) is 2.31. The van der Waals surface area contributed by atoms with E-state index in [1.807, 2.05) is 5.57 Å². The van der Waals surface area contributed by atoms with Crippen molar-refractivity contribution in [2.75, 3.05) is 5.75 Å². The molecular weight excluding hydrogens is 356 g/mol. The van der Waals surface area contributed by atoms with Crippen LogP contribution in [0.5, 0.6) is 0 Å². The first-order valence-corrected chi connectivity index (χ1v) is 13.1. The molecule has 5 aliphatic rings. The molecule has 0 radical (unpaired) electrons. The third-order valence-corrected chi connectivity index (χ3v) is 12.3. The zero-order chi connectivity index (χ0) is 18.0. The number of hydrogen-bond acceptors (Lipinski definition) is 3. The summed E-state index contributed by atoms with van der Waals surface area (Å²) in [7, 11) is 4.24. The molecule has 0 aromatic heterocycles. The monoisotopic (exact) mass is 388 g/mol. The van der Waals surface area contributed by atoms with E-state index in [-0.39, 0.29) is 5.41 Å². The molecule has 1 heterocycles. The van der Waals surface area contributed by atoms with Crippen molar-refractivity contribution in [1.82, 2.24) is 0 Å². The summed E-state index contributed by atoms with van der Waals surface area (Å²) in [6, 6.07) is 0. The first-order valence-electron chi connectivity index (χ1n) is 10.8. The van der Waals surface area contributed by atoms with Crippen LogP contribution in [-0.4, -0.2) is 21.2 Å². The first kappa shape index (κ1) is 18.0. The second-order valence-corrected chi connectivity index (χ2v) is 12.5. The van der Waals surface area contributed by atoms with E-state index >= 15 is 0 Å². The minimum absolute atomic E-state index is 0.00202. The highest BCUT2D eigenvalue weighted by atomic mass is 33.1. The Kier molecular flexibility index (Phi) is 4.32. The van der Waals surface area contributed by atoms with Crippen LogP contribution >= 0.6 is 21.6 Å². The van der Waals surface area contributed by atoms with Crippen molar-refractivity contribution < 1.29 is 5.11 Å². The van der Waals surface area contributed by atoms with Crippen LogP contribution in [0.2, 0.25) is 0 Å². The maximum absolute atomic E-state index is 11.3. The maximum atomic E-state index is 11.3. The van der Waals surface area contributed by atoms with Gasteiger partial charge in [0.15, 0.2) is 0 Å². The van der Waals surface area contributed by atoms with Gasteiger partial charge in [-0.2, -0.15) is 0 Å². The highest BCUT2D eigenvalue weighted by molar-refractivity contribution is 8.77. The number of fused-ring (bicyclic) bond motifs is 5. The van der Waals surface area contributed by atoms with Crippen LogP contribution in [0.15, 0.2) is 11.6 Å². The van der Waals surface area contributed by atoms with Gasteiger partial charge in [-0.15, -0.1) is 6.42 Å². The molecular formula is C23H32OS2. The van der Waals surface area contributed by atoms with Crippen molar-refractivity contribution >= 4 is 21.6 Å². The normalized spacial score (nSPS) is 52.7. The lowest BCUT2D eigenvalue weighted by molar-refractivity contribution is -0.0995. The summed E-state index contributed by atoms with van der Waals surface area (Å²) < 4.78 is 0.474. The van der Waals surface area contributed by atoms with Crippen LogP contribution in [0, 0.1) is 41.4 Å². The largest absolute Gasteiger partial charge is 0.377 e. The van der Waals surface area contributed by atoms with Crippen molar-refractivity contribution in [3.8, 4) is 12.3 Å². The van der Waals surface area contributed by atoms with Crippen LogP contribution in [0.1, 0.15) is 71.1 Å². The number of aliphatic hydroxyl groups is 1.